The number of carbonyl (C=O) groups is 4. The minimum Gasteiger partial charge on any atom is -0.481 e. The van der Waals surface area contributed by atoms with Gasteiger partial charge in [-0.1, -0.05) is 0 Å². The van der Waals surface area contributed by atoms with E-state index in [1.165, 1.54) is 4.90 Å². The molecule has 9 nitrogen and oxygen atoms in total. The number of nitrogens with one attached hydrogen (secondary N) is 1. The highest BCUT2D eigenvalue weighted by Gasteiger charge is 2.49. The van der Waals surface area contributed by atoms with Crippen molar-refractivity contribution in [3.8, 4) is 0 Å². The summed E-state index contributed by atoms with van der Waals surface area (Å²) in [5, 5.41) is 11.3. The molecule has 2 atom stereocenters. The Hall–Kier alpha value is -2.32. The van der Waals surface area contributed by atoms with Crippen molar-refractivity contribution in [2.45, 2.75) is 77.7 Å². The molecule has 1 aliphatic heterocycles. The van der Waals surface area contributed by atoms with Crippen molar-refractivity contribution in [3.05, 3.63) is 0 Å². The molecule has 2 amide bonds. The lowest BCUT2D eigenvalue weighted by atomic mass is 9.91. The standard InChI is InChI=1S/C17H28N2O7/c1-16(2,3)25-12(22)9-19-10(7-8-11(20)21)13(14(19)23)18-15(24)26-17(4,5)6/h10,13H,7-9H2,1-6H3,(H,18,24)(H,20,21)/t10-,13+/m1/s1. The molecule has 26 heavy (non-hydrogen) atoms. The highest BCUT2D eigenvalue weighted by molar-refractivity contribution is 5.94. The van der Waals surface area contributed by atoms with Gasteiger partial charge in [0.05, 0.1) is 6.04 Å². The Balaban J connectivity index is 2.76. The van der Waals surface area contributed by atoms with Gasteiger partial charge in [0.25, 0.3) is 0 Å². The van der Waals surface area contributed by atoms with Gasteiger partial charge in [0.2, 0.25) is 5.91 Å². The Bertz CT molecular complexity index is 535. The number of carbonyl (C=O) groups excluding carboxylic acids is 3. The number of amides is 2. The van der Waals surface area contributed by atoms with E-state index in [0.29, 0.717) is 0 Å². The number of aliphatic carboxylic acids is 1. The zero-order chi connectivity index (χ0) is 20.3. The number of ether oxygens (including phenoxy) is 2. The fraction of sp³-hybridized carbons (Fsp3) is 0.765. The molecule has 1 heterocycles. The fourth-order valence-electron chi connectivity index (χ4n) is 2.50. The third kappa shape index (κ3) is 6.89. The molecule has 1 aliphatic rings. The van der Waals surface area contributed by atoms with Crippen LogP contribution in [0.3, 0.4) is 0 Å². The molecule has 1 saturated heterocycles. The first kappa shape index (κ1) is 21.7. The summed E-state index contributed by atoms with van der Waals surface area (Å²) in [6.07, 6.45) is -0.868. The molecule has 1 fully saturated rings. The van der Waals surface area contributed by atoms with Crippen LogP contribution in [-0.4, -0.2) is 63.8 Å². The fourth-order valence-corrected chi connectivity index (χ4v) is 2.50. The van der Waals surface area contributed by atoms with Gasteiger partial charge in [-0.2, -0.15) is 0 Å². The topological polar surface area (TPSA) is 122 Å². The van der Waals surface area contributed by atoms with E-state index in [4.69, 9.17) is 14.6 Å². The lowest BCUT2D eigenvalue weighted by Crippen LogP contribution is -2.71. The number of carboxylic acids is 1. The van der Waals surface area contributed by atoms with Gasteiger partial charge in [-0.05, 0) is 48.0 Å². The van der Waals surface area contributed by atoms with Crippen LogP contribution in [0.4, 0.5) is 4.79 Å². The monoisotopic (exact) mass is 372 g/mol. The molecule has 0 aromatic rings. The lowest BCUT2D eigenvalue weighted by Gasteiger charge is -2.46. The summed E-state index contributed by atoms with van der Waals surface area (Å²) in [5.41, 5.74) is -1.43. The van der Waals surface area contributed by atoms with Gasteiger partial charge in [0, 0.05) is 6.42 Å². The summed E-state index contributed by atoms with van der Waals surface area (Å²) in [5.74, 6) is -2.10. The van der Waals surface area contributed by atoms with Crippen LogP contribution in [0.2, 0.25) is 0 Å². The average Bonchev–Trinajstić information content (AvgIpc) is 2.40. The van der Waals surface area contributed by atoms with Crippen LogP contribution in [0.15, 0.2) is 0 Å². The van der Waals surface area contributed by atoms with Gasteiger partial charge in [0.15, 0.2) is 0 Å². The lowest BCUT2D eigenvalue weighted by molar-refractivity contribution is -0.167. The second kappa shape index (κ2) is 7.92. The maximum absolute atomic E-state index is 12.3. The van der Waals surface area contributed by atoms with Crippen molar-refractivity contribution in [1.29, 1.82) is 0 Å². The van der Waals surface area contributed by atoms with Crippen LogP contribution in [0.5, 0.6) is 0 Å². The molecule has 0 aromatic carbocycles. The van der Waals surface area contributed by atoms with E-state index >= 15 is 0 Å². The molecule has 0 spiro atoms. The van der Waals surface area contributed by atoms with E-state index in [-0.39, 0.29) is 19.4 Å². The second-order valence-electron chi connectivity index (χ2n) is 8.18. The number of rotatable bonds is 6. The molecule has 0 radical (unpaired) electrons. The molecule has 0 bridgehead atoms. The number of esters is 1. The van der Waals surface area contributed by atoms with E-state index in [1.807, 2.05) is 0 Å². The molecule has 0 aliphatic carbocycles. The summed E-state index contributed by atoms with van der Waals surface area (Å²) >= 11 is 0. The van der Waals surface area contributed by atoms with E-state index in [0.717, 1.165) is 0 Å². The quantitative estimate of drug-likeness (QED) is 0.532. The van der Waals surface area contributed by atoms with Crippen LogP contribution in [-0.2, 0) is 23.9 Å². The van der Waals surface area contributed by atoms with E-state index in [1.54, 1.807) is 41.5 Å². The zero-order valence-electron chi connectivity index (χ0n) is 16.1. The van der Waals surface area contributed by atoms with Crippen molar-refractivity contribution in [2.75, 3.05) is 6.54 Å². The molecule has 0 saturated carbocycles. The first-order valence-electron chi connectivity index (χ1n) is 8.43. The summed E-state index contributed by atoms with van der Waals surface area (Å²) in [4.78, 5) is 48.3. The average molecular weight is 372 g/mol. The first-order valence-corrected chi connectivity index (χ1v) is 8.43. The highest BCUT2D eigenvalue weighted by atomic mass is 16.6. The first-order chi connectivity index (χ1) is 11.7. The van der Waals surface area contributed by atoms with Gasteiger partial charge < -0.3 is 24.8 Å². The van der Waals surface area contributed by atoms with Crippen molar-refractivity contribution >= 4 is 23.9 Å². The van der Waals surface area contributed by atoms with Gasteiger partial charge in [-0.25, -0.2) is 4.79 Å². The van der Waals surface area contributed by atoms with Crippen LogP contribution >= 0.6 is 0 Å². The highest BCUT2D eigenvalue weighted by Crippen LogP contribution is 2.25. The third-order valence-electron chi connectivity index (χ3n) is 3.38. The number of carboxylic acid groups (broad SMARTS) is 1. The summed E-state index contributed by atoms with van der Waals surface area (Å²) in [7, 11) is 0. The maximum Gasteiger partial charge on any atom is 0.408 e. The van der Waals surface area contributed by atoms with E-state index in [9.17, 15) is 19.2 Å². The molecule has 1 rings (SSSR count). The number of hydrogen-bond acceptors (Lipinski definition) is 6. The third-order valence-corrected chi connectivity index (χ3v) is 3.38. The number of hydrogen-bond donors (Lipinski definition) is 2. The zero-order valence-corrected chi connectivity index (χ0v) is 16.1. The number of β-lactam (4-membered cyclic amide) rings is 1. The van der Waals surface area contributed by atoms with Crippen LogP contribution < -0.4 is 5.32 Å². The Morgan fingerprint density at radius 3 is 2.08 bits per heavy atom. The normalized spacial score (nSPS) is 20.2. The van der Waals surface area contributed by atoms with Crippen LogP contribution in [0.1, 0.15) is 54.4 Å². The SMILES string of the molecule is CC(C)(C)OC(=O)CN1C(=O)[C@@H](NC(=O)OC(C)(C)C)[C@H]1CCC(=O)O. The molecule has 2 N–H and O–H groups in total. The number of likely N-dealkylation sites (tertiary alicyclic amines) is 1. The predicted molar refractivity (Wildman–Crippen MR) is 91.4 cm³/mol. The molecule has 0 unspecified atom stereocenters. The predicted octanol–water partition coefficient (Wildman–Crippen LogP) is 1.30. The Morgan fingerprint density at radius 2 is 1.62 bits per heavy atom. The van der Waals surface area contributed by atoms with E-state index in [2.05, 4.69) is 5.32 Å². The Labute approximate surface area is 153 Å². The van der Waals surface area contributed by atoms with Crippen molar-refractivity contribution in [3.63, 3.8) is 0 Å². The number of alkyl carbamates (subject to hydrolysis) is 1. The van der Waals surface area contributed by atoms with Crippen LogP contribution in [0, 0.1) is 0 Å². The van der Waals surface area contributed by atoms with Crippen molar-refractivity contribution in [2.24, 2.45) is 0 Å². The van der Waals surface area contributed by atoms with Crippen molar-refractivity contribution < 1.29 is 33.8 Å². The molecular formula is C17H28N2O7. The van der Waals surface area contributed by atoms with Crippen molar-refractivity contribution in [1.82, 2.24) is 10.2 Å². The molecule has 9 heteroatoms. The summed E-state index contributed by atoms with van der Waals surface area (Å²) < 4.78 is 10.3. The van der Waals surface area contributed by atoms with E-state index < -0.39 is 47.2 Å². The van der Waals surface area contributed by atoms with Crippen LogP contribution in [0.25, 0.3) is 0 Å². The minimum absolute atomic E-state index is 0.102. The minimum atomic E-state index is -1.03. The molecule has 0 aromatic heterocycles. The molecule has 148 valence electrons. The summed E-state index contributed by atoms with van der Waals surface area (Å²) in [6, 6.07) is -1.54. The van der Waals surface area contributed by atoms with Gasteiger partial charge in [-0.15, -0.1) is 0 Å². The smallest absolute Gasteiger partial charge is 0.408 e. The number of nitrogens with zero attached hydrogens (tertiary/aromatic N) is 1. The Morgan fingerprint density at radius 1 is 1.08 bits per heavy atom. The van der Waals surface area contributed by atoms with Gasteiger partial charge >= 0.3 is 18.0 Å². The summed E-state index contributed by atoms with van der Waals surface area (Å²) in [6.45, 7) is 9.88. The maximum atomic E-state index is 12.3. The Kier molecular flexibility index (Phi) is 6.62. The van der Waals surface area contributed by atoms with Gasteiger partial charge in [0.1, 0.15) is 23.8 Å². The second-order valence-corrected chi connectivity index (χ2v) is 8.18. The van der Waals surface area contributed by atoms with Gasteiger partial charge in [-0.3, -0.25) is 14.4 Å². The molecular weight excluding hydrogens is 344 g/mol. The largest absolute Gasteiger partial charge is 0.481 e.